The van der Waals surface area contributed by atoms with Gasteiger partial charge in [0.05, 0.1) is 28.6 Å². The van der Waals surface area contributed by atoms with Gasteiger partial charge in [0.2, 0.25) is 0 Å². The van der Waals surface area contributed by atoms with Crippen LogP contribution in [0.4, 0.5) is 17.3 Å². The molecule has 1 aliphatic heterocycles. The van der Waals surface area contributed by atoms with E-state index in [0.717, 1.165) is 53.6 Å². The lowest BCUT2D eigenvalue weighted by atomic mass is 10.1. The second-order valence-corrected chi connectivity index (χ2v) is 9.48. The number of esters is 1. The highest BCUT2D eigenvalue weighted by molar-refractivity contribution is 7.20. The number of rotatable bonds is 5. The molecule has 1 saturated heterocycles. The van der Waals surface area contributed by atoms with Crippen LogP contribution in [0.1, 0.15) is 31.4 Å². The van der Waals surface area contributed by atoms with Gasteiger partial charge in [-0.15, -0.1) is 11.3 Å². The quantitative estimate of drug-likeness (QED) is 0.408. The number of carbonyl (C=O) groups excluding carboxylic acids is 2. The third-order valence-electron chi connectivity index (χ3n) is 6.22. The lowest BCUT2D eigenvalue weighted by Crippen LogP contribution is -2.47. The second-order valence-electron chi connectivity index (χ2n) is 8.48. The van der Waals surface area contributed by atoms with Crippen LogP contribution in [-0.4, -0.2) is 60.1 Å². The topological polar surface area (TPSA) is 101 Å². The van der Waals surface area contributed by atoms with E-state index in [1.54, 1.807) is 24.3 Å². The van der Waals surface area contributed by atoms with E-state index in [2.05, 4.69) is 25.1 Å². The SMILES string of the molecule is COC(=O)c1ccccc1NC(=O)c1sc2nc(C)nc(N3CCN(c4ccccn4)CC3)c2c1C. The Bertz CT molecular complexity index is 1430. The van der Waals surface area contributed by atoms with Gasteiger partial charge in [0, 0.05) is 32.4 Å². The van der Waals surface area contributed by atoms with E-state index in [-0.39, 0.29) is 5.91 Å². The van der Waals surface area contributed by atoms with Gasteiger partial charge in [-0.1, -0.05) is 18.2 Å². The standard InChI is InChI=1S/C26H26N6O3S/c1-16-21-23(32-14-12-31(13-15-32)20-10-6-7-11-27-20)28-17(2)29-25(21)36-22(16)24(33)30-19-9-5-4-8-18(19)26(34)35-3/h4-11H,12-15H2,1-3H3,(H,30,33). The van der Waals surface area contributed by atoms with Crippen molar-refractivity contribution in [2.24, 2.45) is 0 Å². The lowest BCUT2D eigenvalue weighted by molar-refractivity contribution is 0.0602. The molecule has 0 aliphatic carbocycles. The first-order valence-corrected chi connectivity index (χ1v) is 12.4. The molecule has 4 aromatic rings. The fourth-order valence-corrected chi connectivity index (χ4v) is 5.53. The summed E-state index contributed by atoms with van der Waals surface area (Å²) in [5, 5.41) is 3.77. The number of para-hydroxylation sites is 1. The lowest BCUT2D eigenvalue weighted by Gasteiger charge is -2.36. The van der Waals surface area contributed by atoms with Crippen molar-refractivity contribution in [3.63, 3.8) is 0 Å². The molecular formula is C26H26N6O3S. The van der Waals surface area contributed by atoms with Crippen LogP contribution >= 0.6 is 11.3 Å². The molecule has 3 aromatic heterocycles. The van der Waals surface area contributed by atoms with Crippen LogP contribution in [0, 0.1) is 13.8 Å². The molecule has 1 aliphatic rings. The Kier molecular flexibility index (Phi) is 6.51. The van der Waals surface area contributed by atoms with Crippen molar-refractivity contribution < 1.29 is 14.3 Å². The zero-order valence-corrected chi connectivity index (χ0v) is 21.1. The van der Waals surface area contributed by atoms with Crippen molar-refractivity contribution in [1.82, 2.24) is 15.0 Å². The summed E-state index contributed by atoms with van der Waals surface area (Å²) in [4.78, 5) is 45.2. The van der Waals surface area contributed by atoms with Crippen molar-refractivity contribution in [3.8, 4) is 0 Å². The third kappa shape index (κ3) is 4.47. The van der Waals surface area contributed by atoms with Crippen molar-refractivity contribution >= 4 is 50.8 Å². The zero-order valence-electron chi connectivity index (χ0n) is 20.3. The van der Waals surface area contributed by atoms with Crippen molar-refractivity contribution in [1.29, 1.82) is 0 Å². The molecule has 5 rings (SSSR count). The summed E-state index contributed by atoms with van der Waals surface area (Å²) in [5.41, 5.74) is 1.53. The number of pyridine rings is 1. The first-order valence-electron chi connectivity index (χ1n) is 11.6. The van der Waals surface area contributed by atoms with Gasteiger partial charge in [0.25, 0.3) is 5.91 Å². The Morgan fingerprint density at radius 3 is 2.42 bits per heavy atom. The van der Waals surface area contributed by atoms with Crippen LogP contribution in [0.5, 0.6) is 0 Å². The molecule has 1 fully saturated rings. The summed E-state index contributed by atoms with van der Waals surface area (Å²) in [7, 11) is 1.32. The number of hydrogen-bond acceptors (Lipinski definition) is 9. The van der Waals surface area contributed by atoms with Gasteiger partial charge in [0.15, 0.2) is 0 Å². The second kappa shape index (κ2) is 9.90. The van der Waals surface area contributed by atoms with Gasteiger partial charge in [-0.05, 0) is 43.7 Å². The van der Waals surface area contributed by atoms with Crippen LogP contribution < -0.4 is 15.1 Å². The number of benzene rings is 1. The highest BCUT2D eigenvalue weighted by atomic mass is 32.1. The molecule has 1 amide bonds. The van der Waals surface area contributed by atoms with E-state index in [9.17, 15) is 9.59 Å². The normalized spacial score (nSPS) is 13.6. The number of hydrogen-bond donors (Lipinski definition) is 1. The Balaban J connectivity index is 1.43. The Hall–Kier alpha value is -4.05. The molecular weight excluding hydrogens is 476 g/mol. The van der Waals surface area contributed by atoms with E-state index < -0.39 is 5.97 Å². The minimum Gasteiger partial charge on any atom is -0.465 e. The summed E-state index contributed by atoms with van der Waals surface area (Å²) < 4.78 is 4.85. The number of anilines is 3. The summed E-state index contributed by atoms with van der Waals surface area (Å²) in [6, 6.07) is 12.7. The number of aryl methyl sites for hydroxylation is 2. The molecule has 36 heavy (non-hydrogen) atoms. The molecule has 0 spiro atoms. The zero-order chi connectivity index (χ0) is 25.2. The maximum absolute atomic E-state index is 13.3. The molecule has 0 bridgehead atoms. The van der Waals surface area contributed by atoms with Gasteiger partial charge in [0.1, 0.15) is 22.3 Å². The Labute approximate surface area is 212 Å². The molecule has 4 heterocycles. The van der Waals surface area contributed by atoms with Gasteiger partial charge >= 0.3 is 5.97 Å². The van der Waals surface area contributed by atoms with E-state index in [1.165, 1.54) is 18.4 Å². The average molecular weight is 503 g/mol. The summed E-state index contributed by atoms with van der Waals surface area (Å²) >= 11 is 1.33. The number of piperazine rings is 1. The van der Waals surface area contributed by atoms with Crippen molar-refractivity contribution in [2.45, 2.75) is 13.8 Å². The number of thiophene rings is 1. The highest BCUT2D eigenvalue weighted by Gasteiger charge is 2.26. The molecule has 0 saturated carbocycles. The highest BCUT2D eigenvalue weighted by Crippen LogP contribution is 2.36. The van der Waals surface area contributed by atoms with E-state index in [0.29, 0.717) is 22.0 Å². The molecule has 0 atom stereocenters. The Morgan fingerprint density at radius 1 is 0.972 bits per heavy atom. The molecule has 0 unspecified atom stereocenters. The van der Waals surface area contributed by atoms with E-state index in [4.69, 9.17) is 9.72 Å². The number of methoxy groups -OCH3 is 1. The monoisotopic (exact) mass is 502 g/mol. The van der Waals surface area contributed by atoms with Crippen LogP contribution in [0.2, 0.25) is 0 Å². The van der Waals surface area contributed by atoms with Crippen LogP contribution in [0.15, 0.2) is 48.7 Å². The molecule has 1 aromatic carbocycles. The predicted molar refractivity (Wildman–Crippen MR) is 141 cm³/mol. The summed E-state index contributed by atoms with van der Waals surface area (Å²) in [6.45, 7) is 7.00. The van der Waals surface area contributed by atoms with Crippen LogP contribution in [-0.2, 0) is 4.74 Å². The summed E-state index contributed by atoms with van der Waals surface area (Å²) in [6.07, 6.45) is 1.81. The van der Waals surface area contributed by atoms with Gasteiger partial charge < -0.3 is 19.9 Å². The van der Waals surface area contributed by atoms with Crippen molar-refractivity contribution in [2.75, 3.05) is 48.4 Å². The summed E-state index contributed by atoms with van der Waals surface area (Å²) in [5.74, 6) is 1.68. The number of carbonyl (C=O) groups is 2. The first kappa shape index (κ1) is 23.7. The Morgan fingerprint density at radius 2 is 1.69 bits per heavy atom. The fraction of sp³-hybridized carbons (Fsp3) is 0.269. The smallest absolute Gasteiger partial charge is 0.339 e. The molecule has 9 nitrogen and oxygen atoms in total. The number of fused-ring (bicyclic) bond motifs is 1. The maximum Gasteiger partial charge on any atom is 0.339 e. The predicted octanol–water partition coefficient (Wildman–Crippen LogP) is 4.07. The van der Waals surface area contributed by atoms with Crippen LogP contribution in [0.3, 0.4) is 0 Å². The minimum absolute atomic E-state index is 0.296. The largest absolute Gasteiger partial charge is 0.465 e. The van der Waals surface area contributed by atoms with Gasteiger partial charge in [-0.2, -0.15) is 0 Å². The molecule has 0 radical (unpaired) electrons. The van der Waals surface area contributed by atoms with Gasteiger partial charge in [-0.3, -0.25) is 4.79 Å². The molecule has 10 heteroatoms. The fourth-order valence-electron chi connectivity index (χ4n) is 4.41. The van der Waals surface area contributed by atoms with E-state index in [1.807, 2.05) is 38.2 Å². The van der Waals surface area contributed by atoms with Crippen molar-refractivity contribution in [3.05, 3.63) is 70.5 Å². The molecule has 1 N–H and O–H groups in total. The third-order valence-corrected chi connectivity index (χ3v) is 7.41. The minimum atomic E-state index is -0.507. The number of aromatic nitrogens is 3. The number of nitrogens with one attached hydrogen (secondary N) is 1. The number of nitrogens with zero attached hydrogens (tertiary/aromatic N) is 5. The van der Waals surface area contributed by atoms with Crippen LogP contribution in [0.25, 0.3) is 10.2 Å². The number of ether oxygens (including phenoxy) is 1. The average Bonchev–Trinajstić information content (AvgIpc) is 3.24. The number of amides is 1. The van der Waals surface area contributed by atoms with E-state index >= 15 is 0 Å². The first-order chi connectivity index (χ1) is 17.5. The van der Waals surface area contributed by atoms with Gasteiger partial charge in [-0.25, -0.2) is 19.7 Å². The molecule has 184 valence electrons. The maximum atomic E-state index is 13.3.